The number of aliphatic imine (C=N–C) groups is 1. The first kappa shape index (κ1) is 19.5. The number of nitrogens with zero attached hydrogens (tertiary/aromatic N) is 1. The Morgan fingerprint density at radius 3 is 2.90 bits per heavy atom. The molecule has 5 nitrogen and oxygen atoms in total. The Kier molecular flexibility index (Phi) is 5.61. The van der Waals surface area contributed by atoms with Crippen LogP contribution in [0, 0.1) is 5.41 Å². The molecular weight excluding hydrogens is 370 g/mol. The van der Waals surface area contributed by atoms with E-state index in [1.807, 2.05) is 60.9 Å². The van der Waals surface area contributed by atoms with Crippen LogP contribution in [0.1, 0.15) is 24.0 Å². The second-order valence-electron chi connectivity index (χ2n) is 7.31. The topological polar surface area (TPSA) is 90.0 Å². The number of hydrogen-bond acceptors (Lipinski definition) is 4. The first-order valence-corrected chi connectivity index (χ1v) is 9.97. The number of H-pyrrole nitrogens is 1. The number of aromatic amines is 1. The van der Waals surface area contributed by atoms with Crippen LogP contribution in [0.2, 0.25) is 0 Å². The highest BCUT2D eigenvalue weighted by atomic mass is 15.0. The molecule has 0 fully saturated rings. The van der Waals surface area contributed by atoms with Crippen LogP contribution in [0.25, 0.3) is 16.5 Å². The molecule has 0 bridgehead atoms. The maximum absolute atomic E-state index is 7.53. The molecular formula is C25H25N5. The summed E-state index contributed by atoms with van der Waals surface area (Å²) in [6.07, 6.45) is 11.0. The molecule has 0 amide bonds. The van der Waals surface area contributed by atoms with Gasteiger partial charge in [0.2, 0.25) is 0 Å². The number of hydrogen-bond donors (Lipinski definition) is 4. The number of rotatable bonds is 7. The lowest BCUT2D eigenvalue weighted by molar-refractivity contribution is 1.01. The highest BCUT2D eigenvalue weighted by molar-refractivity contribution is 5.98. The van der Waals surface area contributed by atoms with Crippen molar-refractivity contribution in [3.05, 3.63) is 96.5 Å². The molecule has 0 radical (unpaired) electrons. The Labute approximate surface area is 176 Å². The lowest BCUT2D eigenvalue weighted by Gasteiger charge is -2.23. The Bertz CT molecular complexity index is 1180. The predicted octanol–water partition coefficient (Wildman–Crippen LogP) is 5.25. The minimum Gasteiger partial charge on any atom is -0.400 e. The van der Waals surface area contributed by atoms with Gasteiger partial charge in [-0.25, -0.2) is 0 Å². The average Bonchev–Trinajstić information content (AvgIpc) is 3.22. The van der Waals surface area contributed by atoms with Crippen molar-refractivity contribution < 1.29 is 0 Å². The number of nitrogens with one attached hydrogen (secondary N) is 3. The van der Waals surface area contributed by atoms with Crippen LogP contribution in [0.5, 0.6) is 0 Å². The summed E-state index contributed by atoms with van der Waals surface area (Å²) in [6, 6.07) is 15.5. The third-order valence-electron chi connectivity index (χ3n) is 5.23. The number of anilines is 1. The van der Waals surface area contributed by atoms with Crippen LogP contribution in [0.15, 0.2) is 90.3 Å². The van der Waals surface area contributed by atoms with Crippen LogP contribution >= 0.6 is 0 Å². The Balaban J connectivity index is 1.73. The molecule has 5 heteroatoms. The molecule has 1 aromatic heterocycles. The minimum absolute atomic E-state index is 0.321. The summed E-state index contributed by atoms with van der Waals surface area (Å²) in [6.45, 7) is 4.40. The van der Waals surface area contributed by atoms with Gasteiger partial charge in [-0.2, -0.15) is 0 Å². The van der Waals surface area contributed by atoms with E-state index in [0.29, 0.717) is 5.70 Å². The maximum Gasteiger partial charge on any atom is 0.0913 e. The molecule has 2 aromatic carbocycles. The summed E-state index contributed by atoms with van der Waals surface area (Å²) < 4.78 is 0. The molecule has 0 saturated carbocycles. The SMILES string of the molecule is C=C(c1c[nH]c2ccccc12)C(Nc1cccc(C=N)c1)C(N)=CC1=NC=CCC1. The Morgan fingerprint density at radius 2 is 2.10 bits per heavy atom. The summed E-state index contributed by atoms with van der Waals surface area (Å²) in [5.74, 6) is 0. The molecule has 4 rings (SSSR count). The van der Waals surface area contributed by atoms with E-state index >= 15 is 0 Å². The predicted molar refractivity (Wildman–Crippen MR) is 127 cm³/mol. The zero-order valence-corrected chi connectivity index (χ0v) is 16.7. The molecule has 150 valence electrons. The number of nitrogens with two attached hydrogens (primary N) is 1. The molecule has 5 N–H and O–H groups in total. The Morgan fingerprint density at radius 1 is 1.23 bits per heavy atom. The van der Waals surface area contributed by atoms with Gasteiger partial charge >= 0.3 is 0 Å². The largest absolute Gasteiger partial charge is 0.400 e. The summed E-state index contributed by atoms with van der Waals surface area (Å²) in [5, 5.41) is 12.2. The molecule has 30 heavy (non-hydrogen) atoms. The molecule has 1 aliphatic heterocycles. The average molecular weight is 396 g/mol. The summed E-state index contributed by atoms with van der Waals surface area (Å²) in [7, 11) is 0. The van der Waals surface area contributed by atoms with Crippen molar-refractivity contribution in [3.63, 3.8) is 0 Å². The van der Waals surface area contributed by atoms with Crippen LogP contribution < -0.4 is 11.1 Å². The van der Waals surface area contributed by atoms with Crippen LogP contribution in [-0.2, 0) is 0 Å². The van der Waals surface area contributed by atoms with Crippen molar-refractivity contribution in [1.29, 1.82) is 5.41 Å². The first-order chi connectivity index (χ1) is 14.7. The number of allylic oxidation sites excluding steroid dienone is 2. The van der Waals surface area contributed by atoms with Gasteiger partial charge in [-0.15, -0.1) is 0 Å². The highest BCUT2D eigenvalue weighted by Crippen LogP contribution is 2.29. The number of benzene rings is 2. The van der Waals surface area contributed by atoms with E-state index in [1.165, 1.54) is 6.21 Å². The van der Waals surface area contributed by atoms with Crippen molar-refractivity contribution >= 4 is 34.1 Å². The number of para-hydroxylation sites is 1. The van der Waals surface area contributed by atoms with E-state index in [-0.39, 0.29) is 6.04 Å². The summed E-state index contributed by atoms with van der Waals surface area (Å²) >= 11 is 0. The van der Waals surface area contributed by atoms with Crippen molar-refractivity contribution in [2.75, 3.05) is 5.32 Å². The van der Waals surface area contributed by atoms with Gasteiger partial charge in [0, 0.05) is 52.2 Å². The lowest BCUT2D eigenvalue weighted by Crippen LogP contribution is -2.28. The standard InChI is InChI=1S/C25H25N5/c1-17(22-16-29-24-11-3-2-10-21(22)24)25(23(27)14-19-8-4-5-12-28-19)30-20-9-6-7-18(13-20)15-26/h2-3,5-7,9-16,25-26,29-30H,1,4,8,27H2. The van der Waals surface area contributed by atoms with Gasteiger partial charge in [0.25, 0.3) is 0 Å². The first-order valence-electron chi connectivity index (χ1n) is 9.97. The quantitative estimate of drug-likeness (QED) is 0.412. The minimum atomic E-state index is -0.321. The van der Waals surface area contributed by atoms with E-state index in [2.05, 4.69) is 34.0 Å². The third kappa shape index (κ3) is 4.10. The molecule has 1 aliphatic rings. The van der Waals surface area contributed by atoms with Crippen molar-refractivity contribution in [2.45, 2.75) is 18.9 Å². The lowest BCUT2D eigenvalue weighted by atomic mass is 9.95. The smallest absolute Gasteiger partial charge is 0.0913 e. The third-order valence-corrected chi connectivity index (χ3v) is 5.23. The van der Waals surface area contributed by atoms with Crippen molar-refractivity contribution in [2.24, 2.45) is 10.7 Å². The van der Waals surface area contributed by atoms with Gasteiger partial charge in [0.05, 0.1) is 6.04 Å². The van der Waals surface area contributed by atoms with Gasteiger partial charge in [0.1, 0.15) is 0 Å². The van der Waals surface area contributed by atoms with Crippen molar-refractivity contribution in [1.82, 2.24) is 4.98 Å². The van der Waals surface area contributed by atoms with E-state index in [1.54, 1.807) is 0 Å². The number of fused-ring (bicyclic) bond motifs is 1. The number of aromatic nitrogens is 1. The molecule has 2 heterocycles. The normalized spacial score (nSPS) is 14.9. The Hall–Kier alpha value is -3.86. The monoisotopic (exact) mass is 395 g/mol. The maximum atomic E-state index is 7.53. The fraction of sp³-hybridized carbons (Fsp3) is 0.120. The van der Waals surface area contributed by atoms with E-state index in [9.17, 15) is 0 Å². The zero-order valence-electron chi connectivity index (χ0n) is 16.7. The van der Waals surface area contributed by atoms with Gasteiger partial charge in [0.15, 0.2) is 0 Å². The molecule has 1 atom stereocenters. The molecule has 0 aliphatic carbocycles. The van der Waals surface area contributed by atoms with Gasteiger partial charge in [-0.3, -0.25) is 4.99 Å². The second kappa shape index (κ2) is 8.66. The molecule has 1 unspecified atom stereocenters. The fourth-order valence-corrected chi connectivity index (χ4v) is 3.65. The zero-order chi connectivity index (χ0) is 20.9. The summed E-state index contributed by atoms with van der Waals surface area (Å²) in [4.78, 5) is 7.76. The molecule has 3 aromatic rings. The molecule has 0 saturated heterocycles. The highest BCUT2D eigenvalue weighted by Gasteiger charge is 2.20. The van der Waals surface area contributed by atoms with Gasteiger partial charge in [-0.1, -0.05) is 43.0 Å². The van der Waals surface area contributed by atoms with Gasteiger partial charge < -0.3 is 21.4 Å². The van der Waals surface area contributed by atoms with Crippen LogP contribution in [0.3, 0.4) is 0 Å². The van der Waals surface area contributed by atoms with Crippen LogP contribution in [-0.4, -0.2) is 23.0 Å². The second-order valence-corrected chi connectivity index (χ2v) is 7.31. The summed E-state index contributed by atoms with van der Waals surface area (Å²) in [5.41, 5.74) is 12.9. The van der Waals surface area contributed by atoms with E-state index in [0.717, 1.165) is 51.8 Å². The molecule has 0 spiro atoms. The van der Waals surface area contributed by atoms with Crippen molar-refractivity contribution in [3.8, 4) is 0 Å². The van der Waals surface area contributed by atoms with Crippen LogP contribution in [0.4, 0.5) is 5.69 Å². The van der Waals surface area contributed by atoms with E-state index < -0.39 is 0 Å². The van der Waals surface area contributed by atoms with Gasteiger partial charge in [-0.05, 0) is 48.3 Å². The fourth-order valence-electron chi connectivity index (χ4n) is 3.65. The van der Waals surface area contributed by atoms with E-state index in [4.69, 9.17) is 11.1 Å².